The standard InChI is InChI=1S/C19H18FN3O/c20-16-7-3-8-17(15(16)13-21)22-11-10-19(24)23-12-4-6-14-5-1-2-9-18(14)23/h1-3,5,7-9,22H,4,6,10-12H2. The average Bonchev–Trinajstić information content (AvgIpc) is 2.61. The predicted octanol–water partition coefficient (Wildman–Crippen LogP) is 3.48. The van der Waals surface area contributed by atoms with E-state index in [1.54, 1.807) is 12.1 Å². The Bertz CT molecular complexity index is 797. The Hall–Kier alpha value is -2.87. The van der Waals surface area contributed by atoms with Crippen LogP contribution < -0.4 is 10.2 Å². The van der Waals surface area contributed by atoms with Crippen LogP contribution in [0.4, 0.5) is 15.8 Å². The molecule has 0 atom stereocenters. The summed E-state index contributed by atoms with van der Waals surface area (Å²) in [5.74, 6) is -0.525. The molecule has 2 aromatic rings. The fourth-order valence-corrected chi connectivity index (χ4v) is 3.02. The first kappa shape index (κ1) is 16.0. The lowest BCUT2D eigenvalue weighted by molar-refractivity contribution is -0.118. The average molecular weight is 323 g/mol. The Balaban J connectivity index is 1.64. The van der Waals surface area contributed by atoms with Crippen LogP contribution in [0.2, 0.25) is 0 Å². The summed E-state index contributed by atoms with van der Waals surface area (Å²) in [6.07, 6.45) is 2.24. The number of hydrogen-bond acceptors (Lipinski definition) is 3. The number of nitrogens with one attached hydrogen (secondary N) is 1. The number of halogens is 1. The molecule has 0 aliphatic carbocycles. The number of anilines is 2. The summed E-state index contributed by atoms with van der Waals surface area (Å²) >= 11 is 0. The first-order valence-corrected chi connectivity index (χ1v) is 8.01. The molecule has 24 heavy (non-hydrogen) atoms. The van der Waals surface area contributed by atoms with Gasteiger partial charge in [0, 0.05) is 25.2 Å². The minimum atomic E-state index is -0.557. The number of amides is 1. The molecule has 0 spiro atoms. The van der Waals surface area contributed by atoms with Gasteiger partial charge in [-0.05, 0) is 36.6 Å². The maximum Gasteiger partial charge on any atom is 0.228 e. The first-order chi connectivity index (χ1) is 11.7. The van der Waals surface area contributed by atoms with Gasteiger partial charge in [-0.3, -0.25) is 4.79 Å². The van der Waals surface area contributed by atoms with Crippen molar-refractivity contribution in [3.05, 3.63) is 59.4 Å². The zero-order chi connectivity index (χ0) is 16.9. The summed E-state index contributed by atoms with van der Waals surface area (Å²) < 4.78 is 13.6. The van der Waals surface area contributed by atoms with Crippen LogP contribution in [0.25, 0.3) is 0 Å². The fourth-order valence-electron chi connectivity index (χ4n) is 3.02. The van der Waals surface area contributed by atoms with E-state index < -0.39 is 5.82 Å². The Morgan fingerprint density at radius 2 is 2.08 bits per heavy atom. The number of fused-ring (bicyclic) bond motifs is 1. The lowest BCUT2D eigenvalue weighted by Crippen LogP contribution is -2.36. The third-order valence-corrected chi connectivity index (χ3v) is 4.19. The molecular formula is C19H18FN3O. The molecule has 0 saturated heterocycles. The van der Waals surface area contributed by atoms with E-state index in [0.29, 0.717) is 12.2 Å². The number of para-hydroxylation sites is 1. The van der Waals surface area contributed by atoms with Crippen LogP contribution in [-0.2, 0) is 11.2 Å². The second kappa shape index (κ2) is 7.14. The minimum Gasteiger partial charge on any atom is -0.383 e. The van der Waals surface area contributed by atoms with Crippen molar-refractivity contribution in [2.45, 2.75) is 19.3 Å². The zero-order valence-electron chi connectivity index (χ0n) is 13.3. The van der Waals surface area contributed by atoms with E-state index in [4.69, 9.17) is 5.26 Å². The van der Waals surface area contributed by atoms with Crippen LogP contribution in [0.3, 0.4) is 0 Å². The van der Waals surface area contributed by atoms with E-state index in [0.717, 1.165) is 25.1 Å². The number of nitriles is 1. The van der Waals surface area contributed by atoms with Gasteiger partial charge in [-0.15, -0.1) is 0 Å². The molecule has 122 valence electrons. The van der Waals surface area contributed by atoms with Gasteiger partial charge >= 0.3 is 0 Å². The van der Waals surface area contributed by atoms with Gasteiger partial charge in [0.15, 0.2) is 0 Å². The molecule has 0 saturated carbocycles. The summed E-state index contributed by atoms with van der Waals surface area (Å²) in [6.45, 7) is 1.08. The zero-order valence-corrected chi connectivity index (χ0v) is 13.3. The highest BCUT2D eigenvalue weighted by molar-refractivity contribution is 5.94. The van der Waals surface area contributed by atoms with Crippen molar-refractivity contribution in [3.63, 3.8) is 0 Å². The van der Waals surface area contributed by atoms with Crippen LogP contribution in [-0.4, -0.2) is 19.0 Å². The highest BCUT2D eigenvalue weighted by atomic mass is 19.1. The molecular weight excluding hydrogens is 305 g/mol. The highest BCUT2D eigenvalue weighted by Crippen LogP contribution is 2.27. The predicted molar refractivity (Wildman–Crippen MR) is 91.3 cm³/mol. The van der Waals surface area contributed by atoms with Crippen LogP contribution in [0.15, 0.2) is 42.5 Å². The summed E-state index contributed by atoms with van der Waals surface area (Å²) in [5.41, 5.74) is 2.58. The topological polar surface area (TPSA) is 56.1 Å². The van der Waals surface area contributed by atoms with Crippen molar-refractivity contribution in [2.24, 2.45) is 0 Å². The number of benzene rings is 2. The Morgan fingerprint density at radius 3 is 2.92 bits per heavy atom. The van der Waals surface area contributed by atoms with Gasteiger partial charge in [-0.2, -0.15) is 5.26 Å². The second-order valence-electron chi connectivity index (χ2n) is 5.73. The molecule has 0 fully saturated rings. The quantitative estimate of drug-likeness (QED) is 0.937. The Kier molecular flexibility index (Phi) is 4.76. The number of rotatable bonds is 4. The normalized spacial score (nSPS) is 13.1. The first-order valence-electron chi connectivity index (χ1n) is 8.01. The number of carbonyl (C=O) groups is 1. The second-order valence-corrected chi connectivity index (χ2v) is 5.73. The van der Waals surface area contributed by atoms with E-state index in [2.05, 4.69) is 11.4 Å². The molecule has 1 aliphatic heterocycles. The fraction of sp³-hybridized carbons (Fsp3) is 0.263. The van der Waals surface area contributed by atoms with Crippen molar-refractivity contribution in [2.75, 3.05) is 23.3 Å². The summed E-state index contributed by atoms with van der Waals surface area (Å²) in [4.78, 5) is 14.3. The number of aryl methyl sites for hydroxylation is 1. The van der Waals surface area contributed by atoms with Gasteiger partial charge < -0.3 is 10.2 Å². The Morgan fingerprint density at radius 1 is 1.25 bits per heavy atom. The lowest BCUT2D eigenvalue weighted by Gasteiger charge is -2.29. The van der Waals surface area contributed by atoms with Gasteiger partial charge in [0.1, 0.15) is 17.4 Å². The van der Waals surface area contributed by atoms with E-state index in [-0.39, 0.29) is 17.9 Å². The molecule has 0 aromatic heterocycles. The molecule has 4 nitrogen and oxygen atoms in total. The molecule has 1 aliphatic rings. The monoisotopic (exact) mass is 323 g/mol. The molecule has 1 heterocycles. The van der Waals surface area contributed by atoms with E-state index >= 15 is 0 Å². The molecule has 1 amide bonds. The van der Waals surface area contributed by atoms with Crippen LogP contribution in [0, 0.1) is 17.1 Å². The van der Waals surface area contributed by atoms with Crippen LogP contribution in [0.5, 0.6) is 0 Å². The third kappa shape index (κ3) is 3.23. The molecule has 3 rings (SSSR count). The van der Waals surface area contributed by atoms with Crippen molar-refractivity contribution in [1.29, 1.82) is 5.26 Å². The SMILES string of the molecule is N#Cc1c(F)cccc1NCCC(=O)N1CCCc2ccccc21. The lowest BCUT2D eigenvalue weighted by atomic mass is 10.0. The van der Waals surface area contributed by atoms with Crippen LogP contribution in [0.1, 0.15) is 24.0 Å². The summed E-state index contributed by atoms with van der Waals surface area (Å²) in [6, 6.07) is 14.2. The summed E-state index contributed by atoms with van der Waals surface area (Å²) in [5, 5.41) is 12.0. The molecule has 0 bridgehead atoms. The van der Waals surface area contributed by atoms with Crippen molar-refractivity contribution < 1.29 is 9.18 Å². The van der Waals surface area contributed by atoms with Crippen molar-refractivity contribution >= 4 is 17.3 Å². The van der Waals surface area contributed by atoms with Crippen molar-refractivity contribution in [1.82, 2.24) is 0 Å². The number of carbonyl (C=O) groups excluding carboxylic acids is 1. The third-order valence-electron chi connectivity index (χ3n) is 4.19. The minimum absolute atomic E-state index is 0.0201. The van der Waals surface area contributed by atoms with Gasteiger partial charge in [0.2, 0.25) is 5.91 Å². The highest BCUT2D eigenvalue weighted by Gasteiger charge is 2.21. The smallest absolute Gasteiger partial charge is 0.228 e. The van der Waals surface area contributed by atoms with E-state index in [1.807, 2.05) is 29.2 Å². The van der Waals surface area contributed by atoms with Gasteiger partial charge in [-0.25, -0.2) is 4.39 Å². The molecule has 1 N–H and O–H groups in total. The maximum atomic E-state index is 13.6. The van der Waals surface area contributed by atoms with Crippen molar-refractivity contribution in [3.8, 4) is 6.07 Å². The number of nitrogens with zero attached hydrogens (tertiary/aromatic N) is 2. The molecule has 0 unspecified atom stereocenters. The van der Waals surface area contributed by atoms with E-state index in [1.165, 1.54) is 11.6 Å². The van der Waals surface area contributed by atoms with E-state index in [9.17, 15) is 9.18 Å². The van der Waals surface area contributed by atoms with Gasteiger partial charge in [-0.1, -0.05) is 24.3 Å². The van der Waals surface area contributed by atoms with Gasteiger partial charge in [0.25, 0.3) is 0 Å². The maximum absolute atomic E-state index is 13.6. The number of hydrogen-bond donors (Lipinski definition) is 1. The Labute approximate surface area is 140 Å². The molecule has 2 aromatic carbocycles. The molecule has 5 heteroatoms. The largest absolute Gasteiger partial charge is 0.383 e. The van der Waals surface area contributed by atoms with Gasteiger partial charge in [0.05, 0.1) is 5.69 Å². The summed E-state index contributed by atoms with van der Waals surface area (Å²) in [7, 11) is 0. The molecule has 0 radical (unpaired) electrons. The van der Waals surface area contributed by atoms with Crippen LogP contribution >= 0.6 is 0 Å².